The van der Waals surface area contributed by atoms with Gasteiger partial charge in [-0.25, -0.2) is 0 Å². The van der Waals surface area contributed by atoms with E-state index in [9.17, 15) is 13.2 Å². The predicted molar refractivity (Wildman–Crippen MR) is 71.1 cm³/mol. The average molecular weight is 287 g/mol. The highest BCUT2D eigenvalue weighted by Crippen LogP contribution is 2.33. The van der Waals surface area contributed by atoms with Crippen LogP contribution in [0.3, 0.4) is 0 Å². The third-order valence-corrected chi connectivity index (χ3v) is 3.62. The molecule has 1 aromatic rings. The maximum atomic E-state index is 12.7. The van der Waals surface area contributed by atoms with Crippen LogP contribution in [0.15, 0.2) is 18.3 Å². The van der Waals surface area contributed by atoms with E-state index in [1.54, 1.807) is 6.20 Å². The lowest BCUT2D eigenvalue weighted by atomic mass is 9.97. The summed E-state index contributed by atoms with van der Waals surface area (Å²) >= 11 is 0. The van der Waals surface area contributed by atoms with Crippen LogP contribution in [0.5, 0.6) is 0 Å². The molecular formula is C14H20F3N3. The monoisotopic (exact) mass is 287 g/mol. The van der Waals surface area contributed by atoms with E-state index in [1.165, 1.54) is 0 Å². The first-order valence-electron chi connectivity index (χ1n) is 6.86. The summed E-state index contributed by atoms with van der Waals surface area (Å²) in [6, 6.07) is 3.86. The molecule has 0 bridgehead atoms. The standard InChI is InChI=1S/C14H20F3N3/c1-18-7-11-4-5-13(19-8-11)10-20-6-2-3-12(9-20)14(15,16)17/h4-5,8,12,18H,2-3,6-7,9-10H2,1H3. The van der Waals surface area contributed by atoms with Crippen LogP contribution < -0.4 is 5.32 Å². The SMILES string of the molecule is CNCc1ccc(CN2CCCC(C(F)(F)F)C2)nc1. The summed E-state index contributed by atoms with van der Waals surface area (Å²) in [4.78, 5) is 6.16. The Morgan fingerprint density at radius 3 is 2.80 bits per heavy atom. The Bertz CT molecular complexity index is 417. The minimum absolute atomic E-state index is 0.0868. The molecule has 1 fully saturated rings. The van der Waals surface area contributed by atoms with Crippen molar-refractivity contribution in [2.45, 2.75) is 32.1 Å². The number of hydrogen-bond acceptors (Lipinski definition) is 3. The first-order valence-corrected chi connectivity index (χ1v) is 6.86. The first kappa shape index (κ1) is 15.3. The molecule has 112 valence electrons. The first-order chi connectivity index (χ1) is 9.49. The van der Waals surface area contributed by atoms with Crippen molar-refractivity contribution in [3.05, 3.63) is 29.6 Å². The number of aromatic nitrogens is 1. The van der Waals surface area contributed by atoms with Gasteiger partial charge in [-0.05, 0) is 38.1 Å². The fourth-order valence-electron chi connectivity index (χ4n) is 2.55. The van der Waals surface area contributed by atoms with E-state index in [-0.39, 0.29) is 13.0 Å². The van der Waals surface area contributed by atoms with Crippen LogP contribution in [0.1, 0.15) is 24.1 Å². The van der Waals surface area contributed by atoms with Gasteiger partial charge in [0, 0.05) is 25.8 Å². The molecule has 1 N–H and O–H groups in total. The fourth-order valence-corrected chi connectivity index (χ4v) is 2.55. The van der Waals surface area contributed by atoms with E-state index in [0.717, 1.165) is 17.8 Å². The fraction of sp³-hybridized carbons (Fsp3) is 0.643. The number of piperidine rings is 1. The number of nitrogens with one attached hydrogen (secondary N) is 1. The highest BCUT2D eigenvalue weighted by atomic mass is 19.4. The Kier molecular flexibility index (Phi) is 4.99. The summed E-state index contributed by atoms with van der Waals surface area (Å²) in [5.74, 6) is -1.19. The molecule has 1 aliphatic heterocycles. The summed E-state index contributed by atoms with van der Waals surface area (Å²) in [5, 5.41) is 3.03. The maximum Gasteiger partial charge on any atom is 0.393 e. The van der Waals surface area contributed by atoms with Gasteiger partial charge in [-0.3, -0.25) is 9.88 Å². The van der Waals surface area contributed by atoms with Gasteiger partial charge in [0.2, 0.25) is 0 Å². The van der Waals surface area contributed by atoms with E-state index in [2.05, 4.69) is 10.3 Å². The van der Waals surface area contributed by atoms with Crippen LogP contribution in [0, 0.1) is 5.92 Å². The van der Waals surface area contributed by atoms with Crippen molar-refractivity contribution in [1.82, 2.24) is 15.2 Å². The minimum Gasteiger partial charge on any atom is -0.316 e. The second-order valence-electron chi connectivity index (χ2n) is 5.30. The number of likely N-dealkylation sites (tertiary alicyclic amines) is 1. The van der Waals surface area contributed by atoms with Gasteiger partial charge in [0.1, 0.15) is 0 Å². The number of pyridine rings is 1. The summed E-state index contributed by atoms with van der Waals surface area (Å²) < 4.78 is 38.2. The van der Waals surface area contributed by atoms with Crippen LogP contribution in [0.4, 0.5) is 13.2 Å². The van der Waals surface area contributed by atoms with Crippen LogP contribution in [-0.2, 0) is 13.1 Å². The zero-order valence-electron chi connectivity index (χ0n) is 11.6. The lowest BCUT2D eigenvalue weighted by molar-refractivity contribution is -0.187. The number of nitrogens with zero attached hydrogens (tertiary/aromatic N) is 2. The molecule has 1 aromatic heterocycles. The molecule has 6 heteroatoms. The van der Waals surface area contributed by atoms with Gasteiger partial charge in [-0.1, -0.05) is 6.07 Å². The molecule has 3 nitrogen and oxygen atoms in total. The molecule has 0 spiro atoms. The lowest BCUT2D eigenvalue weighted by Gasteiger charge is -2.33. The van der Waals surface area contributed by atoms with Gasteiger partial charge >= 0.3 is 6.18 Å². The molecule has 0 aliphatic carbocycles. The van der Waals surface area contributed by atoms with Gasteiger partial charge in [0.05, 0.1) is 11.6 Å². The molecule has 2 heterocycles. The Balaban J connectivity index is 1.92. The number of hydrogen-bond donors (Lipinski definition) is 1. The number of alkyl halides is 3. The quantitative estimate of drug-likeness (QED) is 0.922. The van der Waals surface area contributed by atoms with Crippen LogP contribution in [-0.4, -0.2) is 36.2 Å². The molecule has 1 atom stereocenters. The highest BCUT2D eigenvalue weighted by Gasteiger charge is 2.41. The smallest absolute Gasteiger partial charge is 0.316 e. The van der Waals surface area contributed by atoms with Crippen molar-refractivity contribution in [3.8, 4) is 0 Å². The van der Waals surface area contributed by atoms with Crippen molar-refractivity contribution in [3.63, 3.8) is 0 Å². The Labute approximate surface area is 117 Å². The number of halogens is 3. The minimum atomic E-state index is -4.08. The second-order valence-corrected chi connectivity index (χ2v) is 5.30. The Morgan fingerprint density at radius 1 is 1.40 bits per heavy atom. The largest absolute Gasteiger partial charge is 0.393 e. The van der Waals surface area contributed by atoms with Gasteiger partial charge in [-0.15, -0.1) is 0 Å². The summed E-state index contributed by atoms with van der Waals surface area (Å²) in [7, 11) is 1.86. The number of rotatable bonds is 4. The molecular weight excluding hydrogens is 267 g/mol. The van der Waals surface area contributed by atoms with E-state index in [4.69, 9.17) is 0 Å². The molecule has 1 unspecified atom stereocenters. The van der Waals surface area contributed by atoms with E-state index in [1.807, 2.05) is 24.1 Å². The van der Waals surface area contributed by atoms with E-state index >= 15 is 0 Å². The van der Waals surface area contributed by atoms with Gasteiger partial charge in [-0.2, -0.15) is 13.2 Å². The topological polar surface area (TPSA) is 28.2 Å². The van der Waals surface area contributed by atoms with Gasteiger partial charge < -0.3 is 5.32 Å². The molecule has 2 rings (SSSR count). The van der Waals surface area contributed by atoms with Gasteiger partial charge in [0.25, 0.3) is 0 Å². The van der Waals surface area contributed by atoms with Crippen molar-refractivity contribution in [2.24, 2.45) is 5.92 Å². The second kappa shape index (κ2) is 6.54. The van der Waals surface area contributed by atoms with Crippen molar-refractivity contribution in [1.29, 1.82) is 0 Å². The molecule has 1 aliphatic rings. The van der Waals surface area contributed by atoms with Gasteiger partial charge in [0.15, 0.2) is 0 Å². The van der Waals surface area contributed by atoms with Crippen LogP contribution in [0.25, 0.3) is 0 Å². The molecule has 20 heavy (non-hydrogen) atoms. The lowest BCUT2D eigenvalue weighted by Crippen LogP contribution is -2.41. The molecule has 0 aromatic carbocycles. The summed E-state index contributed by atoms with van der Waals surface area (Å²) in [5.41, 5.74) is 1.90. The molecule has 0 radical (unpaired) electrons. The van der Waals surface area contributed by atoms with E-state index < -0.39 is 12.1 Å². The van der Waals surface area contributed by atoms with Crippen LogP contribution in [0.2, 0.25) is 0 Å². The summed E-state index contributed by atoms with van der Waals surface area (Å²) in [6.07, 6.45) is -1.46. The van der Waals surface area contributed by atoms with Crippen molar-refractivity contribution < 1.29 is 13.2 Å². The third-order valence-electron chi connectivity index (χ3n) is 3.62. The highest BCUT2D eigenvalue weighted by molar-refractivity contribution is 5.14. The Hall–Kier alpha value is -1.14. The molecule has 0 saturated carbocycles. The zero-order valence-corrected chi connectivity index (χ0v) is 11.6. The normalized spacial score (nSPS) is 21.1. The van der Waals surface area contributed by atoms with Crippen LogP contribution >= 0.6 is 0 Å². The third kappa shape index (κ3) is 4.18. The zero-order chi connectivity index (χ0) is 14.6. The van der Waals surface area contributed by atoms with Crippen molar-refractivity contribution >= 4 is 0 Å². The summed E-state index contributed by atoms with van der Waals surface area (Å²) in [6.45, 7) is 2.04. The van der Waals surface area contributed by atoms with Crippen molar-refractivity contribution in [2.75, 3.05) is 20.1 Å². The predicted octanol–water partition coefficient (Wildman–Crippen LogP) is 2.58. The van der Waals surface area contributed by atoms with E-state index in [0.29, 0.717) is 19.5 Å². The maximum absolute atomic E-state index is 12.7. The average Bonchev–Trinajstić information content (AvgIpc) is 2.41. The Morgan fingerprint density at radius 2 is 2.20 bits per heavy atom. The molecule has 0 amide bonds. The molecule has 1 saturated heterocycles.